The van der Waals surface area contributed by atoms with Crippen LogP contribution in [0.1, 0.15) is 55.6 Å². The zero-order valence-electron chi connectivity index (χ0n) is 57.7. The number of hydrogen-bond acceptors (Lipinski definition) is 4. The molecule has 2 aromatic heterocycles. The molecule has 0 aliphatic heterocycles. The first-order valence-electron chi connectivity index (χ1n) is 35.6. The summed E-state index contributed by atoms with van der Waals surface area (Å²) in [6.45, 7) is 0. The van der Waals surface area contributed by atoms with Crippen molar-refractivity contribution in [1.82, 2.24) is 0 Å². The lowest BCUT2D eigenvalue weighted by atomic mass is 9.63. The van der Waals surface area contributed by atoms with E-state index in [9.17, 15) is 0 Å². The van der Waals surface area contributed by atoms with E-state index in [2.05, 4.69) is 442 Å². The minimum absolute atomic E-state index is 0. The molecule has 0 atom stereocenters. The van der Waals surface area contributed by atoms with Crippen molar-refractivity contribution < 1.29 is 13.5 Å². The number of hydrogen-bond donors (Lipinski definition) is 0. The number of nitrogens with zero attached hydrogens (tertiary/aromatic N) is 2. The van der Waals surface area contributed by atoms with Gasteiger partial charge in [-0.25, -0.2) is 0 Å². The van der Waals surface area contributed by atoms with Gasteiger partial charge in [0, 0.05) is 44.3 Å². The molecule has 0 N–H and O–H groups in total. The van der Waals surface area contributed by atoms with Crippen LogP contribution >= 0.6 is 31.9 Å². The Morgan fingerprint density at radius 3 is 0.877 bits per heavy atom. The molecular formula is C99H69Br2FN2O2. The van der Waals surface area contributed by atoms with Crippen molar-refractivity contribution in [3.63, 3.8) is 0 Å². The predicted molar refractivity (Wildman–Crippen MR) is 445 cm³/mol. The van der Waals surface area contributed by atoms with Gasteiger partial charge in [-0.1, -0.05) is 328 Å². The summed E-state index contributed by atoms with van der Waals surface area (Å²) >= 11 is 7.54. The average Bonchev–Trinajstić information content (AvgIpc) is 1.51. The van der Waals surface area contributed by atoms with Crippen molar-refractivity contribution in [2.45, 2.75) is 17.3 Å². The lowest BCUT2D eigenvalue weighted by molar-refractivity contribution is 0.662. The SMILES string of the molecule is Brc1ccc2c3c1oc1c(Br)ccc(c13)C(c1ccccc1)(c1ccccc1)c1ccccc1-2.F.c1ccc(Cc2ccccc2)cc1.c1ccc(N(c2ccccc2)c2ccc3c4c2oc2c(N(c5ccccc5)c5ccccc5)ccc(c24)C(c2ccccc2)(c2ccccc2)c2ccccc2-3)cc1. The Bertz CT molecular complexity index is 5930. The lowest BCUT2D eigenvalue weighted by Gasteiger charge is -2.38. The Balaban J connectivity index is 0.000000144. The van der Waals surface area contributed by atoms with Gasteiger partial charge in [-0.3, -0.25) is 4.70 Å². The molecule has 508 valence electrons. The van der Waals surface area contributed by atoms with Gasteiger partial charge in [0.05, 0.1) is 31.2 Å². The van der Waals surface area contributed by atoms with E-state index in [1.54, 1.807) is 0 Å². The second-order valence-corrected chi connectivity index (χ2v) is 28.4. The summed E-state index contributed by atoms with van der Waals surface area (Å²) in [4.78, 5) is 4.66. The Labute approximate surface area is 633 Å². The maximum atomic E-state index is 7.62. The second-order valence-electron chi connectivity index (χ2n) is 26.7. The first kappa shape index (κ1) is 66.8. The molecule has 0 bridgehead atoms. The molecule has 7 heteroatoms. The molecule has 0 radical (unpaired) electrons. The van der Waals surface area contributed by atoms with Gasteiger partial charge >= 0.3 is 0 Å². The highest BCUT2D eigenvalue weighted by molar-refractivity contribution is 9.11. The fourth-order valence-electron chi connectivity index (χ4n) is 16.6. The predicted octanol–water partition coefficient (Wildman–Crippen LogP) is 27.8. The number of halogens is 3. The summed E-state index contributed by atoms with van der Waals surface area (Å²) < 4.78 is 16.1. The molecule has 4 nitrogen and oxygen atoms in total. The fourth-order valence-corrected chi connectivity index (χ4v) is 17.4. The highest BCUT2D eigenvalue weighted by Crippen LogP contribution is 2.61. The Hall–Kier alpha value is -12.4. The van der Waals surface area contributed by atoms with E-state index < -0.39 is 10.8 Å². The van der Waals surface area contributed by atoms with Crippen LogP contribution in [0.4, 0.5) is 38.8 Å². The van der Waals surface area contributed by atoms with E-state index in [-0.39, 0.29) is 4.70 Å². The van der Waals surface area contributed by atoms with Crippen molar-refractivity contribution >= 4 is 110 Å². The normalized spacial score (nSPS) is 12.5. The Kier molecular flexibility index (Phi) is 18.1. The maximum absolute atomic E-state index is 7.62. The van der Waals surface area contributed by atoms with Crippen LogP contribution in [0.2, 0.25) is 0 Å². The van der Waals surface area contributed by atoms with Crippen LogP contribution in [0.15, 0.2) is 418 Å². The van der Waals surface area contributed by atoms with Crippen LogP contribution < -0.4 is 9.80 Å². The largest absolute Gasteiger partial charge is 0.454 e. The van der Waals surface area contributed by atoms with Crippen LogP contribution in [0, 0.1) is 0 Å². The number of anilines is 6. The maximum Gasteiger partial charge on any atom is 0.160 e. The van der Waals surface area contributed by atoms with Gasteiger partial charge in [-0.2, -0.15) is 0 Å². The molecule has 20 rings (SSSR count). The average molecular weight is 1500 g/mol. The van der Waals surface area contributed by atoms with Gasteiger partial charge < -0.3 is 18.6 Å². The third kappa shape index (κ3) is 11.3. The van der Waals surface area contributed by atoms with Crippen molar-refractivity contribution in [3.05, 3.63) is 465 Å². The first-order valence-corrected chi connectivity index (χ1v) is 37.2. The smallest absolute Gasteiger partial charge is 0.160 e. The van der Waals surface area contributed by atoms with Gasteiger partial charge in [-0.15, -0.1) is 0 Å². The molecule has 0 saturated heterocycles. The van der Waals surface area contributed by atoms with Crippen LogP contribution in [-0.4, -0.2) is 0 Å². The molecule has 0 saturated carbocycles. The summed E-state index contributed by atoms with van der Waals surface area (Å²) in [5.74, 6) is 0. The van der Waals surface area contributed by atoms with E-state index in [0.717, 1.165) is 98.9 Å². The van der Waals surface area contributed by atoms with Crippen molar-refractivity contribution in [3.8, 4) is 22.3 Å². The summed E-state index contributed by atoms with van der Waals surface area (Å²) in [5, 5.41) is 4.51. The molecule has 0 spiro atoms. The monoisotopic (exact) mass is 1490 g/mol. The minimum atomic E-state index is -0.686. The number of furan rings is 2. The quantitative estimate of drug-likeness (QED) is 0.122. The zero-order chi connectivity index (χ0) is 70.3. The fraction of sp³-hybridized carbons (Fsp3) is 0.0303. The number of fused-ring (bicyclic) bond motifs is 4. The van der Waals surface area contributed by atoms with Gasteiger partial charge in [0.25, 0.3) is 0 Å². The topological polar surface area (TPSA) is 32.8 Å². The minimum Gasteiger partial charge on any atom is -0.454 e. The Morgan fingerprint density at radius 1 is 0.226 bits per heavy atom. The third-order valence-corrected chi connectivity index (χ3v) is 22.2. The molecule has 2 aliphatic carbocycles. The molecule has 0 amide bonds. The number of para-hydroxylation sites is 4. The lowest BCUT2D eigenvalue weighted by Crippen LogP contribution is -2.31. The standard InChI is InChI=1S/C55H38N2O.C31H18Br2O.C13H12.FH/c1-7-21-39(22-8-1)55(40-23-9-2-10-24-40)47-34-20-19-33-45(47)46-35-37-49(56(41-25-11-3-12-26-41)42-27-13-4-14-28-42)53-51(46)52-48(55)36-38-50(54(52)58-53)57(43-29-15-5-16-30-43)44-31-17-6-18-32-44;32-25-17-15-22-21-13-7-8-14-23(21)31(19-9-3-1-4-10-19,20-11-5-2-6-12-20)24-16-18-26(33)30-28(24)27(22)29(25)34-30;1-3-7-12(8-4-1)11-13-9-5-2-6-10-13;/h1-38H;1-18H;1-10H,11H2;1H. The molecule has 106 heavy (non-hydrogen) atoms. The van der Waals surface area contributed by atoms with E-state index >= 15 is 0 Å². The number of benzene rings is 16. The molecule has 0 fully saturated rings. The van der Waals surface area contributed by atoms with Crippen LogP contribution in [-0.2, 0) is 17.3 Å². The highest BCUT2D eigenvalue weighted by atomic mass is 79.9. The summed E-state index contributed by atoms with van der Waals surface area (Å²) in [5.41, 5.74) is 25.6. The molecule has 2 heterocycles. The van der Waals surface area contributed by atoms with Gasteiger partial charge in [-0.05, 0) is 189 Å². The van der Waals surface area contributed by atoms with Gasteiger partial charge in [0.15, 0.2) is 11.2 Å². The van der Waals surface area contributed by atoms with Crippen LogP contribution in [0.3, 0.4) is 0 Å². The van der Waals surface area contributed by atoms with E-state index in [0.29, 0.717) is 0 Å². The summed E-state index contributed by atoms with van der Waals surface area (Å²) in [6, 6.07) is 143. The van der Waals surface area contributed by atoms with Crippen molar-refractivity contribution in [1.29, 1.82) is 0 Å². The summed E-state index contributed by atoms with van der Waals surface area (Å²) in [6.07, 6.45) is 1.03. The molecule has 2 aliphatic rings. The van der Waals surface area contributed by atoms with E-state index in [1.165, 1.54) is 72.3 Å². The van der Waals surface area contributed by atoms with Gasteiger partial charge in [0.2, 0.25) is 0 Å². The second kappa shape index (κ2) is 28.7. The third-order valence-electron chi connectivity index (χ3n) is 20.9. The van der Waals surface area contributed by atoms with Crippen molar-refractivity contribution in [2.75, 3.05) is 9.80 Å². The van der Waals surface area contributed by atoms with E-state index in [4.69, 9.17) is 8.83 Å². The van der Waals surface area contributed by atoms with Crippen LogP contribution in [0.25, 0.3) is 66.1 Å². The van der Waals surface area contributed by atoms with Crippen LogP contribution in [0.5, 0.6) is 0 Å². The molecular weight excluding hydrogens is 1430 g/mol. The highest BCUT2D eigenvalue weighted by Gasteiger charge is 2.47. The van der Waals surface area contributed by atoms with E-state index in [1.807, 2.05) is 0 Å². The van der Waals surface area contributed by atoms with Crippen molar-refractivity contribution in [2.24, 2.45) is 0 Å². The first-order chi connectivity index (χ1) is 52.0. The summed E-state index contributed by atoms with van der Waals surface area (Å²) in [7, 11) is 0. The zero-order valence-corrected chi connectivity index (χ0v) is 60.9. The molecule has 16 aromatic carbocycles. The Morgan fingerprint density at radius 2 is 0.491 bits per heavy atom. The number of rotatable bonds is 12. The molecule has 0 unspecified atom stereocenters. The van der Waals surface area contributed by atoms with Gasteiger partial charge in [0.1, 0.15) is 11.2 Å². The molecule has 18 aromatic rings.